The summed E-state index contributed by atoms with van der Waals surface area (Å²) >= 11 is 0. The van der Waals surface area contributed by atoms with Crippen molar-refractivity contribution in [1.29, 1.82) is 0 Å². The number of carbonyl (C=O) groups excluding carboxylic acids is 1. The standard InChI is InChI=1S/C29H32N5O3P/c1-4-37-29(35)23-11-10-22-25-24(16-21(17-30-25)26-18(2)32-38-33(26)3)34(28(22)31-23)27(19-8-6-5-7-9-19)20-12-14-36-15-13-20/h5-11,16-17,20,27,32,38H,4,12-15H2,1-3H3. The Bertz CT molecular complexity index is 1530. The average Bonchev–Trinajstić information content (AvgIpc) is 3.45. The zero-order valence-corrected chi connectivity index (χ0v) is 22.9. The molecular weight excluding hydrogens is 497 g/mol. The Kier molecular flexibility index (Phi) is 6.76. The molecule has 0 amide bonds. The molecule has 1 N–H and O–H groups in total. The first-order valence-electron chi connectivity index (χ1n) is 13.1. The molecule has 3 aromatic heterocycles. The van der Waals surface area contributed by atoms with E-state index in [1.807, 2.05) is 25.3 Å². The lowest BCUT2D eigenvalue weighted by atomic mass is 9.86. The van der Waals surface area contributed by atoms with Crippen LogP contribution in [0.25, 0.3) is 27.8 Å². The van der Waals surface area contributed by atoms with Crippen LogP contribution < -0.4 is 5.09 Å². The van der Waals surface area contributed by atoms with Gasteiger partial charge in [-0.2, -0.15) is 0 Å². The number of esters is 1. The fourth-order valence-corrected chi connectivity index (χ4v) is 6.63. The molecule has 1 aromatic carbocycles. The highest BCUT2D eigenvalue weighted by atomic mass is 31.1. The van der Waals surface area contributed by atoms with Crippen molar-refractivity contribution in [1.82, 2.24) is 24.3 Å². The minimum Gasteiger partial charge on any atom is -0.461 e. The van der Waals surface area contributed by atoms with E-state index in [1.165, 1.54) is 5.56 Å². The van der Waals surface area contributed by atoms with Gasteiger partial charge in [0.1, 0.15) is 5.65 Å². The molecule has 38 heavy (non-hydrogen) atoms. The number of hydrogen-bond acceptors (Lipinski definition) is 7. The van der Waals surface area contributed by atoms with Crippen LogP contribution in [0, 0.1) is 5.92 Å². The summed E-state index contributed by atoms with van der Waals surface area (Å²) in [7, 11) is 2.60. The number of fused-ring (bicyclic) bond motifs is 3. The fraction of sp³-hybridized carbons (Fsp3) is 0.345. The first-order chi connectivity index (χ1) is 18.6. The van der Waals surface area contributed by atoms with Crippen LogP contribution in [0.4, 0.5) is 0 Å². The van der Waals surface area contributed by atoms with Gasteiger partial charge >= 0.3 is 5.97 Å². The first-order valence-corrected chi connectivity index (χ1v) is 14.1. The molecule has 5 heterocycles. The van der Waals surface area contributed by atoms with E-state index in [2.05, 4.69) is 58.6 Å². The molecule has 196 valence electrons. The number of hydrogen-bond donors (Lipinski definition) is 1. The van der Waals surface area contributed by atoms with Crippen LogP contribution in [0.2, 0.25) is 0 Å². The molecule has 0 saturated carbocycles. The molecule has 0 aliphatic carbocycles. The lowest BCUT2D eigenvalue weighted by Gasteiger charge is -2.32. The molecule has 1 fully saturated rings. The van der Waals surface area contributed by atoms with Gasteiger partial charge in [-0.25, -0.2) is 9.78 Å². The number of carbonyl (C=O) groups is 1. The van der Waals surface area contributed by atoms with E-state index in [4.69, 9.17) is 19.4 Å². The van der Waals surface area contributed by atoms with E-state index in [-0.39, 0.29) is 6.04 Å². The summed E-state index contributed by atoms with van der Waals surface area (Å²) in [5.41, 5.74) is 7.51. The Morgan fingerprint density at radius 2 is 2.00 bits per heavy atom. The maximum absolute atomic E-state index is 12.7. The number of allylic oxidation sites excluding steroid dienone is 1. The Labute approximate surface area is 223 Å². The third-order valence-corrected chi connectivity index (χ3v) is 8.52. The predicted octanol–water partition coefficient (Wildman–Crippen LogP) is 5.51. The largest absolute Gasteiger partial charge is 0.461 e. The normalized spacial score (nSPS) is 17.9. The number of pyridine rings is 2. The van der Waals surface area contributed by atoms with Gasteiger partial charge in [0.2, 0.25) is 0 Å². The molecule has 0 radical (unpaired) electrons. The lowest BCUT2D eigenvalue weighted by Crippen LogP contribution is -2.27. The maximum atomic E-state index is 12.7. The minimum absolute atomic E-state index is 0.0125. The molecule has 2 aliphatic heterocycles. The van der Waals surface area contributed by atoms with Crippen molar-refractivity contribution in [3.63, 3.8) is 0 Å². The number of ether oxygens (including phenoxy) is 2. The SMILES string of the molecule is CCOC(=O)c1ccc2c3ncc(C4=C(C)NPN4C)cc3n(C(c3ccccc3)C3CCOCC3)c2n1. The van der Waals surface area contributed by atoms with Crippen LogP contribution >= 0.6 is 8.88 Å². The van der Waals surface area contributed by atoms with Gasteiger partial charge in [0.05, 0.1) is 38.3 Å². The summed E-state index contributed by atoms with van der Waals surface area (Å²) in [6.07, 6.45) is 3.84. The molecular formula is C29H32N5O3P. The molecule has 4 aromatic rings. The molecule has 2 unspecified atom stereocenters. The van der Waals surface area contributed by atoms with Crippen LogP contribution in [-0.4, -0.2) is 52.0 Å². The second-order valence-corrected chi connectivity index (χ2v) is 11.0. The van der Waals surface area contributed by atoms with Crippen molar-refractivity contribution in [2.75, 3.05) is 26.9 Å². The molecule has 0 bridgehead atoms. The van der Waals surface area contributed by atoms with Crippen molar-refractivity contribution < 1.29 is 14.3 Å². The number of nitrogens with zero attached hydrogens (tertiary/aromatic N) is 4. The van der Waals surface area contributed by atoms with E-state index in [0.717, 1.165) is 65.1 Å². The van der Waals surface area contributed by atoms with Crippen LogP contribution in [0.3, 0.4) is 0 Å². The molecule has 9 heteroatoms. The van der Waals surface area contributed by atoms with Crippen molar-refractivity contribution >= 4 is 42.6 Å². The Morgan fingerprint density at radius 3 is 2.71 bits per heavy atom. The minimum atomic E-state index is -0.414. The highest BCUT2D eigenvalue weighted by Gasteiger charge is 2.31. The molecule has 2 atom stereocenters. The second kappa shape index (κ2) is 10.4. The molecule has 6 rings (SSSR count). The number of benzene rings is 1. The second-order valence-electron chi connectivity index (χ2n) is 9.82. The van der Waals surface area contributed by atoms with E-state index >= 15 is 0 Å². The lowest BCUT2D eigenvalue weighted by molar-refractivity contribution is 0.0519. The Hall–Kier alpha value is -3.48. The zero-order valence-electron chi connectivity index (χ0n) is 21.9. The number of nitrogens with one attached hydrogen (secondary N) is 1. The maximum Gasteiger partial charge on any atom is 0.356 e. The van der Waals surface area contributed by atoms with Gasteiger partial charge in [-0.15, -0.1) is 0 Å². The Balaban J connectivity index is 1.65. The topological polar surface area (TPSA) is 81.5 Å². The highest BCUT2D eigenvalue weighted by molar-refractivity contribution is 7.34. The van der Waals surface area contributed by atoms with Gasteiger partial charge in [-0.05, 0) is 56.4 Å². The third-order valence-electron chi connectivity index (χ3n) is 7.48. The summed E-state index contributed by atoms with van der Waals surface area (Å²) in [6.45, 7) is 5.69. The summed E-state index contributed by atoms with van der Waals surface area (Å²) in [5, 5.41) is 4.39. The first kappa shape index (κ1) is 24.8. The summed E-state index contributed by atoms with van der Waals surface area (Å²) < 4.78 is 15.6. The molecule has 2 aliphatic rings. The van der Waals surface area contributed by atoms with Gasteiger partial charge in [-0.1, -0.05) is 30.3 Å². The van der Waals surface area contributed by atoms with Crippen LogP contribution in [0.5, 0.6) is 0 Å². The third kappa shape index (κ3) is 4.32. The van der Waals surface area contributed by atoms with Crippen molar-refractivity contribution in [3.05, 3.63) is 77.2 Å². The average molecular weight is 530 g/mol. The van der Waals surface area contributed by atoms with Gasteiger partial charge in [0.25, 0.3) is 0 Å². The highest BCUT2D eigenvalue weighted by Crippen LogP contribution is 2.42. The van der Waals surface area contributed by atoms with Crippen molar-refractivity contribution in [2.24, 2.45) is 5.92 Å². The molecule has 1 saturated heterocycles. The van der Waals surface area contributed by atoms with Crippen LogP contribution in [0.1, 0.15) is 54.3 Å². The van der Waals surface area contributed by atoms with Gasteiger partial charge in [0.15, 0.2) is 5.69 Å². The van der Waals surface area contributed by atoms with Crippen molar-refractivity contribution in [2.45, 2.75) is 32.7 Å². The zero-order chi connectivity index (χ0) is 26.2. The van der Waals surface area contributed by atoms with Crippen molar-refractivity contribution in [3.8, 4) is 0 Å². The van der Waals surface area contributed by atoms with Gasteiger partial charge < -0.3 is 23.8 Å². The fourth-order valence-electron chi connectivity index (χ4n) is 5.76. The summed E-state index contributed by atoms with van der Waals surface area (Å²) in [6, 6.07) is 16.5. The quantitative estimate of drug-likeness (QED) is 0.261. The molecule has 0 spiro atoms. The summed E-state index contributed by atoms with van der Waals surface area (Å²) in [5.74, 6) is -0.0671. The van der Waals surface area contributed by atoms with E-state index in [9.17, 15) is 4.79 Å². The predicted molar refractivity (Wildman–Crippen MR) is 151 cm³/mol. The number of aromatic nitrogens is 3. The van der Waals surface area contributed by atoms with Crippen LogP contribution in [0.15, 0.2) is 60.4 Å². The van der Waals surface area contributed by atoms with Crippen LogP contribution in [-0.2, 0) is 9.47 Å². The molecule has 8 nitrogen and oxygen atoms in total. The number of rotatable bonds is 6. The monoisotopic (exact) mass is 529 g/mol. The van der Waals surface area contributed by atoms with E-state index in [1.54, 1.807) is 6.07 Å². The van der Waals surface area contributed by atoms with Gasteiger partial charge in [-0.3, -0.25) is 4.98 Å². The van der Waals surface area contributed by atoms with Gasteiger partial charge in [0, 0.05) is 43.1 Å². The smallest absolute Gasteiger partial charge is 0.356 e. The summed E-state index contributed by atoms with van der Waals surface area (Å²) in [4.78, 5) is 22.6. The Morgan fingerprint density at radius 1 is 1.21 bits per heavy atom. The van der Waals surface area contributed by atoms with E-state index in [0.29, 0.717) is 27.1 Å². The van der Waals surface area contributed by atoms with E-state index < -0.39 is 5.97 Å².